The van der Waals surface area contributed by atoms with Crippen molar-refractivity contribution in [3.05, 3.63) is 28.2 Å². The lowest BCUT2D eigenvalue weighted by Crippen LogP contribution is -2.09. The molecule has 1 heterocycles. The highest BCUT2D eigenvalue weighted by atomic mass is 79.9. The summed E-state index contributed by atoms with van der Waals surface area (Å²) >= 11 is 2.95. The zero-order valence-electron chi connectivity index (χ0n) is 12.5. The Morgan fingerprint density at radius 1 is 1.14 bits per heavy atom. The van der Waals surface area contributed by atoms with Gasteiger partial charge in [0.05, 0.1) is 6.61 Å². The molecule has 1 rings (SSSR count). The molecule has 1 aromatic rings. The Morgan fingerprint density at radius 2 is 1.76 bits per heavy atom. The maximum absolute atomic E-state index is 13.0. The summed E-state index contributed by atoms with van der Waals surface area (Å²) in [6, 6.07) is 2.53. The number of hydrogen-bond acceptors (Lipinski definition) is 3. The number of nitrogens with zero attached hydrogens (tertiary/aromatic N) is 1. The van der Waals surface area contributed by atoms with Crippen molar-refractivity contribution in [2.75, 3.05) is 6.61 Å². The predicted octanol–water partition coefficient (Wildman–Crippen LogP) is 5.28. The molecule has 0 unspecified atom stereocenters. The van der Waals surface area contributed by atoms with Crippen molar-refractivity contribution in [2.45, 2.75) is 58.3 Å². The first-order valence-corrected chi connectivity index (χ1v) is 8.43. The Balaban J connectivity index is 2.09. The number of rotatable bonds is 10. The third-order valence-corrected chi connectivity index (χ3v) is 3.80. The quantitative estimate of drug-likeness (QED) is 0.324. The first-order valence-electron chi connectivity index (χ1n) is 7.64. The molecule has 21 heavy (non-hydrogen) atoms. The van der Waals surface area contributed by atoms with E-state index in [1.165, 1.54) is 50.7 Å². The van der Waals surface area contributed by atoms with E-state index in [1.807, 2.05) is 0 Å². The average molecular weight is 360 g/mol. The van der Waals surface area contributed by atoms with Gasteiger partial charge in [-0.2, -0.15) is 0 Å². The van der Waals surface area contributed by atoms with E-state index in [-0.39, 0.29) is 10.3 Å². The standard InChI is InChI=1S/C16H23BrFNO2/c1-2-3-4-5-6-7-8-9-12-21-16(20)14-11-10-13(18)15(17)19-14/h10-11H,2-9,12H2,1H3. The van der Waals surface area contributed by atoms with Crippen molar-refractivity contribution >= 4 is 21.9 Å². The van der Waals surface area contributed by atoms with Crippen molar-refractivity contribution in [1.29, 1.82) is 0 Å². The van der Waals surface area contributed by atoms with E-state index in [9.17, 15) is 9.18 Å². The van der Waals surface area contributed by atoms with Crippen LogP contribution in [-0.2, 0) is 4.74 Å². The summed E-state index contributed by atoms with van der Waals surface area (Å²) in [4.78, 5) is 15.5. The number of aromatic nitrogens is 1. The number of esters is 1. The number of halogens is 2. The fourth-order valence-corrected chi connectivity index (χ4v) is 2.33. The average Bonchev–Trinajstić information content (AvgIpc) is 2.48. The summed E-state index contributed by atoms with van der Waals surface area (Å²) in [5.41, 5.74) is 0.128. The maximum atomic E-state index is 13.0. The molecule has 0 bridgehead atoms. The van der Waals surface area contributed by atoms with Crippen LogP contribution in [0.5, 0.6) is 0 Å². The Morgan fingerprint density at radius 3 is 2.38 bits per heavy atom. The molecule has 0 spiro atoms. The Labute approximate surface area is 134 Å². The van der Waals surface area contributed by atoms with Crippen LogP contribution in [0.15, 0.2) is 16.7 Å². The molecule has 0 aliphatic carbocycles. The highest BCUT2D eigenvalue weighted by Crippen LogP contribution is 2.13. The monoisotopic (exact) mass is 359 g/mol. The smallest absolute Gasteiger partial charge is 0.356 e. The van der Waals surface area contributed by atoms with Crippen molar-refractivity contribution in [3.63, 3.8) is 0 Å². The fraction of sp³-hybridized carbons (Fsp3) is 0.625. The summed E-state index contributed by atoms with van der Waals surface area (Å²) in [5.74, 6) is -0.992. The molecule has 0 amide bonds. The van der Waals surface area contributed by atoms with Gasteiger partial charge in [0.25, 0.3) is 0 Å². The molecular formula is C16H23BrFNO2. The fourth-order valence-electron chi connectivity index (χ4n) is 2.01. The van der Waals surface area contributed by atoms with Gasteiger partial charge in [0.15, 0.2) is 5.82 Å². The highest BCUT2D eigenvalue weighted by Gasteiger charge is 2.11. The molecule has 0 N–H and O–H groups in total. The molecule has 0 aliphatic heterocycles. The molecule has 0 aliphatic rings. The molecule has 118 valence electrons. The van der Waals surface area contributed by atoms with Crippen LogP contribution in [0.4, 0.5) is 4.39 Å². The molecular weight excluding hydrogens is 337 g/mol. The number of hydrogen-bond donors (Lipinski definition) is 0. The summed E-state index contributed by atoms with van der Waals surface area (Å²) in [6.45, 7) is 2.60. The molecule has 0 radical (unpaired) electrons. The van der Waals surface area contributed by atoms with E-state index < -0.39 is 11.8 Å². The van der Waals surface area contributed by atoms with Gasteiger partial charge in [-0.1, -0.05) is 51.9 Å². The van der Waals surface area contributed by atoms with Crippen LogP contribution < -0.4 is 0 Å². The van der Waals surface area contributed by atoms with Crippen LogP contribution in [0.2, 0.25) is 0 Å². The first kappa shape index (κ1) is 18.1. The molecule has 1 aromatic heterocycles. The van der Waals surface area contributed by atoms with E-state index in [4.69, 9.17) is 4.74 Å². The van der Waals surface area contributed by atoms with Gasteiger partial charge >= 0.3 is 5.97 Å². The van der Waals surface area contributed by atoms with Gasteiger partial charge in [-0.05, 0) is 34.5 Å². The predicted molar refractivity (Wildman–Crippen MR) is 84.8 cm³/mol. The molecule has 0 saturated carbocycles. The van der Waals surface area contributed by atoms with Crippen LogP contribution >= 0.6 is 15.9 Å². The largest absolute Gasteiger partial charge is 0.461 e. The second kappa shape index (κ2) is 10.7. The van der Waals surface area contributed by atoms with Crippen molar-refractivity contribution < 1.29 is 13.9 Å². The van der Waals surface area contributed by atoms with Gasteiger partial charge in [-0.15, -0.1) is 0 Å². The van der Waals surface area contributed by atoms with Crippen LogP contribution in [0, 0.1) is 5.82 Å². The van der Waals surface area contributed by atoms with Gasteiger partial charge in [0.2, 0.25) is 0 Å². The number of ether oxygens (including phenoxy) is 1. The SMILES string of the molecule is CCCCCCCCCCOC(=O)c1ccc(F)c(Br)n1. The molecule has 0 fully saturated rings. The lowest BCUT2D eigenvalue weighted by atomic mass is 10.1. The number of unbranched alkanes of at least 4 members (excludes halogenated alkanes) is 7. The Kier molecular flexibility index (Phi) is 9.22. The summed E-state index contributed by atoms with van der Waals surface area (Å²) in [5, 5.41) is 0. The minimum absolute atomic E-state index is 0.0315. The Bertz CT molecular complexity index is 440. The zero-order valence-corrected chi connectivity index (χ0v) is 14.1. The van der Waals surface area contributed by atoms with E-state index >= 15 is 0 Å². The third-order valence-electron chi connectivity index (χ3n) is 3.24. The maximum Gasteiger partial charge on any atom is 0.356 e. The second-order valence-corrected chi connectivity index (χ2v) is 5.83. The molecule has 5 heteroatoms. The summed E-state index contributed by atoms with van der Waals surface area (Å²) < 4.78 is 18.2. The number of carbonyl (C=O) groups excluding carboxylic acids is 1. The van der Waals surface area contributed by atoms with Crippen molar-refractivity contribution in [3.8, 4) is 0 Å². The Hall–Kier alpha value is -0.970. The number of carbonyl (C=O) groups is 1. The van der Waals surface area contributed by atoms with Crippen LogP contribution in [0.25, 0.3) is 0 Å². The van der Waals surface area contributed by atoms with Crippen LogP contribution in [0.3, 0.4) is 0 Å². The zero-order chi connectivity index (χ0) is 15.5. The van der Waals surface area contributed by atoms with E-state index in [2.05, 4.69) is 27.8 Å². The van der Waals surface area contributed by atoms with Gasteiger partial charge < -0.3 is 4.74 Å². The molecule has 3 nitrogen and oxygen atoms in total. The molecule has 0 atom stereocenters. The topological polar surface area (TPSA) is 39.2 Å². The lowest BCUT2D eigenvalue weighted by molar-refractivity contribution is 0.0490. The minimum Gasteiger partial charge on any atom is -0.461 e. The van der Waals surface area contributed by atoms with Crippen molar-refractivity contribution in [1.82, 2.24) is 4.98 Å². The van der Waals surface area contributed by atoms with Gasteiger partial charge in [0.1, 0.15) is 10.3 Å². The van der Waals surface area contributed by atoms with Gasteiger partial charge in [-0.25, -0.2) is 14.2 Å². The normalized spacial score (nSPS) is 10.6. The van der Waals surface area contributed by atoms with Gasteiger partial charge in [-0.3, -0.25) is 0 Å². The second-order valence-electron chi connectivity index (χ2n) is 5.08. The van der Waals surface area contributed by atoms with Gasteiger partial charge in [0, 0.05) is 0 Å². The highest BCUT2D eigenvalue weighted by molar-refractivity contribution is 9.10. The lowest BCUT2D eigenvalue weighted by Gasteiger charge is -2.05. The minimum atomic E-state index is -0.501. The van der Waals surface area contributed by atoms with Crippen molar-refractivity contribution in [2.24, 2.45) is 0 Å². The van der Waals surface area contributed by atoms with Crippen LogP contribution in [-0.4, -0.2) is 17.6 Å². The van der Waals surface area contributed by atoms with E-state index in [1.54, 1.807) is 0 Å². The molecule has 0 saturated heterocycles. The van der Waals surface area contributed by atoms with E-state index in [0.29, 0.717) is 6.61 Å². The number of pyridine rings is 1. The van der Waals surface area contributed by atoms with Crippen LogP contribution in [0.1, 0.15) is 68.8 Å². The third kappa shape index (κ3) is 7.55. The van der Waals surface area contributed by atoms with E-state index in [0.717, 1.165) is 12.8 Å². The first-order chi connectivity index (χ1) is 10.1. The molecule has 0 aromatic carbocycles. The summed E-state index contributed by atoms with van der Waals surface area (Å²) in [7, 11) is 0. The summed E-state index contributed by atoms with van der Waals surface area (Å²) in [6.07, 6.45) is 9.56.